The predicted octanol–water partition coefficient (Wildman–Crippen LogP) is 1.10. The molecule has 0 saturated carbocycles. The van der Waals surface area contributed by atoms with Crippen molar-refractivity contribution in [3.63, 3.8) is 0 Å². The Morgan fingerprint density at radius 3 is 3.05 bits per heavy atom. The number of hydrogen-bond acceptors (Lipinski definition) is 3. The largest absolute Gasteiger partial charge is 0.342 e. The number of piperidine rings is 1. The summed E-state index contributed by atoms with van der Waals surface area (Å²) in [5.41, 5.74) is 8.58. The lowest BCUT2D eigenvalue weighted by molar-refractivity contribution is -0.139. The monoisotopic (exact) mass is 276 g/mol. The second-order valence-electron chi connectivity index (χ2n) is 6.96. The number of amides is 1. The molecule has 1 aromatic heterocycles. The van der Waals surface area contributed by atoms with E-state index in [1.165, 1.54) is 5.56 Å². The van der Waals surface area contributed by atoms with Gasteiger partial charge in [-0.3, -0.25) is 9.89 Å². The van der Waals surface area contributed by atoms with E-state index in [9.17, 15) is 4.79 Å². The standard InChI is InChI=1S/C15H24N4O/c1-15(2)9-19(6-5-13(15)16)14(20)10-3-4-11-8-17-18-12(11)7-10/h8,10,13H,3-7,9,16H2,1-2H3,(H,17,18). The molecule has 1 aliphatic carbocycles. The lowest BCUT2D eigenvalue weighted by Gasteiger charge is -2.43. The second-order valence-corrected chi connectivity index (χ2v) is 6.96. The van der Waals surface area contributed by atoms with Crippen LogP contribution in [0.3, 0.4) is 0 Å². The van der Waals surface area contributed by atoms with Gasteiger partial charge in [-0.1, -0.05) is 13.8 Å². The van der Waals surface area contributed by atoms with Crippen molar-refractivity contribution < 1.29 is 4.79 Å². The van der Waals surface area contributed by atoms with Crippen LogP contribution in [0.1, 0.15) is 37.9 Å². The van der Waals surface area contributed by atoms with E-state index in [2.05, 4.69) is 24.0 Å². The topological polar surface area (TPSA) is 75.0 Å². The molecule has 1 aromatic rings. The van der Waals surface area contributed by atoms with Gasteiger partial charge < -0.3 is 10.6 Å². The van der Waals surface area contributed by atoms with Gasteiger partial charge in [0.05, 0.1) is 6.20 Å². The van der Waals surface area contributed by atoms with E-state index >= 15 is 0 Å². The lowest BCUT2D eigenvalue weighted by Crippen LogP contribution is -2.55. The summed E-state index contributed by atoms with van der Waals surface area (Å²) < 4.78 is 0. The molecule has 0 radical (unpaired) electrons. The third-order valence-corrected chi connectivity index (χ3v) is 4.99. The highest BCUT2D eigenvalue weighted by atomic mass is 16.2. The van der Waals surface area contributed by atoms with Crippen molar-refractivity contribution in [1.82, 2.24) is 15.1 Å². The fraction of sp³-hybridized carbons (Fsp3) is 0.733. The van der Waals surface area contributed by atoms with Gasteiger partial charge >= 0.3 is 0 Å². The summed E-state index contributed by atoms with van der Waals surface area (Å²) >= 11 is 0. The number of aromatic nitrogens is 2. The minimum Gasteiger partial charge on any atom is -0.342 e. The van der Waals surface area contributed by atoms with Crippen molar-refractivity contribution in [3.05, 3.63) is 17.5 Å². The van der Waals surface area contributed by atoms with Crippen molar-refractivity contribution in [1.29, 1.82) is 0 Å². The van der Waals surface area contributed by atoms with E-state index in [4.69, 9.17) is 5.73 Å². The molecule has 2 heterocycles. The van der Waals surface area contributed by atoms with Crippen LogP contribution in [0.25, 0.3) is 0 Å². The van der Waals surface area contributed by atoms with E-state index in [0.29, 0.717) is 5.91 Å². The molecule has 2 unspecified atom stereocenters. The second kappa shape index (κ2) is 4.88. The number of likely N-dealkylation sites (tertiary alicyclic amines) is 1. The van der Waals surface area contributed by atoms with Crippen LogP contribution < -0.4 is 5.73 Å². The Kier molecular flexibility index (Phi) is 3.32. The third-order valence-electron chi connectivity index (χ3n) is 4.99. The molecule has 1 aliphatic heterocycles. The van der Waals surface area contributed by atoms with Gasteiger partial charge in [0, 0.05) is 37.2 Å². The molecular weight excluding hydrogens is 252 g/mol. The van der Waals surface area contributed by atoms with Gasteiger partial charge in [0.15, 0.2) is 0 Å². The third kappa shape index (κ3) is 2.35. The average molecular weight is 276 g/mol. The average Bonchev–Trinajstić information content (AvgIpc) is 2.88. The number of carbonyl (C=O) groups is 1. The van der Waals surface area contributed by atoms with Crippen LogP contribution in [-0.2, 0) is 17.6 Å². The minimum absolute atomic E-state index is 0.0156. The van der Waals surface area contributed by atoms with E-state index < -0.39 is 0 Å². The van der Waals surface area contributed by atoms with Crippen LogP contribution in [0.4, 0.5) is 0 Å². The number of hydrogen-bond donors (Lipinski definition) is 2. The summed E-state index contributed by atoms with van der Waals surface area (Å²) in [5, 5.41) is 7.10. The number of fused-ring (bicyclic) bond motifs is 1. The number of nitrogens with zero attached hydrogens (tertiary/aromatic N) is 2. The molecule has 1 amide bonds. The maximum absolute atomic E-state index is 12.7. The highest BCUT2D eigenvalue weighted by molar-refractivity contribution is 5.79. The SMILES string of the molecule is CC1(C)CN(C(=O)C2CCc3cn[nH]c3C2)CCC1N. The van der Waals surface area contributed by atoms with Crippen LogP contribution in [0.2, 0.25) is 0 Å². The maximum atomic E-state index is 12.7. The fourth-order valence-electron chi connectivity index (χ4n) is 3.44. The van der Waals surface area contributed by atoms with Crippen molar-refractivity contribution in [2.45, 2.75) is 45.6 Å². The molecule has 3 rings (SSSR count). The number of nitrogens with one attached hydrogen (secondary N) is 1. The Bertz CT molecular complexity index is 508. The first kappa shape index (κ1) is 13.6. The zero-order valence-corrected chi connectivity index (χ0v) is 12.4. The van der Waals surface area contributed by atoms with Gasteiger partial charge in [-0.05, 0) is 30.2 Å². The smallest absolute Gasteiger partial charge is 0.226 e. The number of carbonyl (C=O) groups excluding carboxylic acids is 1. The molecule has 20 heavy (non-hydrogen) atoms. The van der Waals surface area contributed by atoms with Crippen LogP contribution in [0.15, 0.2) is 6.20 Å². The lowest BCUT2D eigenvalue weighted by atomic mass is 9.78. The molecule has 1 saturated heterocycles. The molecule has 0 bridgehead atoms. The number of rotatable bonds is 1. The quantitative estimate of drug-likeness (QED) is 0.806. The Morgan fingerprint density at radius 1 is 1.50 bits per heavy atom. The Morgan fingerprint density at radius 2 is 2.30 bits per heavy atom. The number of aryl methyl sites for hydroxylation is 1. The Hall–Kier alpha value is -1.36. The summed E-state index contributed by atoms with van der Waals surface area (Å²) in [7, 11) is 0. The van der Waals surface area contributed by atoms with Crippen LogP contribution in [0.5, 0.6) is 0 Å². The van der Waals surface area contributed by atoms with E-state index in [1.807, 2.05) is 11.1 Å². The van der Waals surface area contributed by atoms with Crippen molar-refractivity contribution in [3.8, 4) is 0 Å². The van der Waals surface area contributed by atoms with Gasteiger partial charge in [0.25, 0.3) is 0 Å². The molecule has 2 aliphatic rings. The summed E-state index contributed by atoms with van der Waals surface area (Å²) in [4.78, 5) is 14.8. The molecular formula is C15H24N4O. The summed E-state index contributed by atoms with van der Waals surface area (Å²) in [5.74, 6) is 0.401. The normalized spacial score (nSPS) is 29.1. The number of nitrogens with two attached hydrogens (primary N) is 1. The summed E-state index contributed by atoms with van der Waals surface area (Å²) in [6.45, 7) is 5.89. The van der Waals surface area contributed by atoms with Gasteiger partial charge in [-0.25, -0.2) is 0 Å². The van der Waals surface area contributed by atoms with Crippen molar-refractivity contribution in [2.75, 3.05) is 13.1 Å². The number of H-pyrrole nitrogens is 1. The highest BCUT2D eigenvalue weighted by Gasteiger charge is 2.38. The van der Waals surface area contributed by atoms with E-state index in [-0.39, 0.29) is 17.4 Å². The molecule has 110 valence electrons. The Balaban J connectivity index is 1.68. The molecule has 3 N–H and O–H groups in total. The van der Waals surface area contributed by atoms with Crippen molar-refractivity contribution >= 4 is 5.91 Å². The first-order valence-electron chi connectivity index (χ1n) is 7.53. The van der Waals surface area contributed by atoms with Gasteiger partial charge in [0.1, 0.15) is 0 Å². The van der Waals surface area contributed by atoms with E-state index in [0.717, 1.165) is 44.5 Å². The Labute approximate surface area is 119 Å². The van der Waals surface area contributed by atoms with Gasteiger partial charge in [-0.15, -0.1) is 0 Å². The summed E-state index contributed by atoms with van der Waals surface area (Å²) in [6, 6.07) is 0.192. The van der Waals surface area contributed by atoms with Crippen LogP contribution >= 0.6 is 0 Å². The van der Waals surface area contributed by atoms with E-state index in [1.54, 1.807) is 0 Å². The predicted molar refractivity (Wildman–Crippen MR) is 77.1 cm³/mol. The zero-order valence-electron chi connectivity index (χ0n) is 12.4. The molecule has 0 spiro atoms. The molecule has 2 atom stereocenters. The molecule has 5 heteroatoms. The fourth-order valence-corrected chi connectivity index (χ4v) is 3.44. The zero-order chi connectivity index (χ0) is 14.3. The van der Waals surface area contributed by atoms with Crippen LogP contribution in [-0.4, -0.2) is 40.1 Å². The summed E-state index contributed by atoms with van der Waals surface area (Å²) in [6.07, 6.45) is 5.49. The van der Waals surface area contributed by atoms with Crippen LogP contribution in [0, 0.1) is 11.3 Å². The molecule has 0 aromatic carbocycles. The van der Waals surface area contributed by atoms with Gasteiger partial charge in [-0.2, -0.15) is 5.10 Å². The van der Waals surface area contributed by atoms with Crippen molar-refractivity contribution in [2.24, 2.45) is 17.1 Å². The highest BCUT2D eigenvalue weighted by Crippen LogP contribution is 2.31. The molecule has 5 nitrogen and oxygen atoms in total. The van der Waals surface area contributed by atoms with Gasteiger partial charge in [0.2, 0.25) is 5.91 Å². The minimum atomic E-state index is 0.0156. The maximum Gasteiger partial charge on any atom is 0.226 e. The first-order chi connectivity index (χ1) is 9.47. The number of aromatic amines is 1. The first-order valence-corrected chi connectivity index (χ1v) is 7.53. The molecule has 1 fully saturated rings.